The second kappa shape index (κ2) is 11.6. The first-order valence-corrected chi connectivity index (χ1v) is 12.8. The highest BCUT2D eigenvalue weighted by molar-refractivity contribution is 5.87. The summed E-state index contributed by atoms with van der Waals surface area (Å²) in [6.45, 7) is 0.869. The quantitative estimate of drug-likeness (QED) is 0.209. The molecule has 0 radical (unpaired) electrons. The number of hydrogen-bond acceptors (Lipinski definition) is 5. The Balaban J connectivity index is 1.44. The van der Waals surface area contributed by atoms with Gasteiger partial charge in [0.1, 0.15) is 5.82 Å². The highest BCUT2D eigenvalue weighted by Crippen LogP contribution is 2.32. The Hall–Kier alpha value is -4.33. The van der Waals surface area contributed by atoms with Crippen LogP contribution in [0.25, 0.3) is 33.5 Å². The first-order chi connectivity index (χ1) is 18.2. The summed E-state index contributed by atoms with van der Waals surface area (Å²) in [4.78, 5) is 15.8. The van der Waals surface area contributed by atoms with Gasteiger partial charge in [0.25, 0.3) is 0 Å². The fraction of sp³-hybridized carbons (Fsp3) is 0.276. The molecular formula is C29H30N6O2. The molecule has 0 aliphatic heterocycles. The average molecular weight is 495 g/mol. The second-order valence-corrected chi connectivity index (χ2v) is 9.24. The molecule has 2 heterocycles. The smallest absolute Gasteiger partial charge is 0.303 e. The lowest BCUT2D eigenvalue weighted by atomic mass is 9.99. The predicted octanol–water partition coefficient (Wildman–Crippen LogP) is 5.90. The number of unbranched alkanes of at least 4 members (excludes halogenated alkanes) is 4. The van der Waals surface area contributed by atoms with Gasteiger partial charge in [0.15, 0.2) is 0 Å². The maximum atomic E-state index is 10.8. The number of H-pyrrole nitrogens is 1. The van der Waals surface area contributed by atoms with Crippen molar-refractivity contribution >= 4 is 17.0 Å². The van der Waals surface area contributed by atoms with Crippen molar-refractivity contribution in [1.29, 1.82) is 0 Å². The van der Waals surface area contributed by atoms with Crippen molar-refractivity contribution in [3.05, 3.63) is 84.2 Å². The SMILES string of the molecule is O=C(O)CCCCCCCn1c(Cc2ccccc2)nc2ccc(-c3ccccc3-c3nn[nH]n3)cc21. The van der Waals surface area contributed by atoms with Crippen molar-refractivity contribution in [3.8, 4) is 22.5 Å². The first-order valence-electron chi connectivity index (χ1n) is 12.8. The van der Waals surface area contributed by atoms with E-state index in [0.29, 0.717) is 5.82 Å². The van der Waals surface area contributed by atoms with Gasteiger partial charge < -0.3 is 9.67 Å². The van der Waals surface area contributed by atoms with Crippen LogP contribution < -0.4 is 0 Å². The lowest BCUT2D eigenvalue weighted by Crippen LogP contribution is -2.05. The van der Waals surface area contributed by atoms with Gasteiger partial charge in [0.2, 0.25) is 5.82 Å². The van der Waals surface area contributed by atoms with Crippen molar-refractivity contribution in [3.63, 3.8) is 0 Å². The second-order valence-electron chi connectivity index (χ2n) is 9.24. The molecule has 0 saturated carbocycles. The Morgan fingerprint density at radius 3 is 2.41 bits per heavy atom. The molecule has 3 aromatic carbocycles. The summed E-state index contributed by atoms with van der Waals surface area (Å²) in [5.41, 5.74) is 6.36. The number of carbonyl (C=O) groups is 1. The highest BCUT2D eigenvalue weighted by atomic mass is 16.4. The molecule has 0 spiro atoms. The van der Waals surface area contributed by atoms with Gasteiger partial charge in [-0.3, -0.25) is 4.79 Å². The van der Waals surface area contributed by atoms with Gasteiger partial charge in [-0.1, -0.05) is 79.9 Å². The minimum absolute atomic E-state index is 0.251. The van der Waals surface area contributed by atoms with Crippen molar-refractivity contribution in [2.45, 2.75) is 51.5 Å². The lowest BCUT2D eigenvalue weighted by molar-refractivity contribution is -0.137. The number of tetrazole rings is 1. The van der Waals surface area contributed by atoms with Gasteiger partial charge in [-0.2, -0.15) is 5.21 Å². The van der Waals surface area contributed by atoms with Gasteiger partial charge >= 0.3 is 5.97 Å². The molecule has 8 nitrogen and oxygen atoms in total. The topological polar surface area (TPSA) is 110 Å². The molecule has 8 heteroatoms. The zero-order valence-electron chi connectivity index (χ0n) is 20.7. The van der Waals surface area contributed by atoms with E-state index >= 15 is 0 Å². The predicted molar refractivity (Wildman–Crippen MR) is 143 cm³/mol. The Morgan fingerprint density at radius 2 is 1.62 bits per heavy atom. The number of nitrogens with zero attached hydrogens (tertiary/aromatic N) is 5. The van der Waals surface area contributed by atoms with Crippen LogP contribution in [0.4, 0.5) is 0 Å². The summed E-state index contributed by atoms with van der Waals surface area (Å²) in [5.74, 6) is 0.902. The molecule has 2 aromatic heterocycles. The molecule has 0 atom stereocenters. The lowest BCUT2D eigenvalue weighted by Gasteiger charge is -2.11. The van der Waals surface area contributed by atoms with Crippen LogP contribution in [-0.4, -0.2) is 41.3 Å². The number of aromatic nitrogens is 6. The van der Waals surface area contributed by atoms with Gasteiger partial charge in [-0.15, -0.1) is 10.2 Å². The van der Waals surface area contributed by atoms with E-state index in [9.17, 15) is 4.79 Å². The summed E-state index contributed by atoms with van der Waals surface area (Å²) in [6.07, 6.45) is 5.83. The molecule has 0 saturated heterocycles. The summed E-state index contributed by atoms with van der Waals surface area (Å²) >= 11 is 0. The number of carboxylic acid groups (broad SMARTS) is 1. The minimum Gasteiger partial charge on any atom is -0.481 e. The van der Waals surface area contributed by atoms with Gasteiger partial charge in [-0.05, 0) is 46.9 Å². The van der Waals surface area contributed by atoms with Crippen LogP contribution in [0, 0.1) is 0 Å². The van der Waals surface area contributed by atoms with Crippen molar-refractivity contribution < 1.29 is 9.90 Å². The maximum absolute atomic E-state index is 10.8. The largest absolute Gasteiger partial charge is 0.481 e. The van der Waals surface area contributed by atoms with Crippen LogP contribution in [0.2, 0.25) is 0 Å². The molecule has 0 unspecified atom stereocenters. The van der Waals surface area contributed by atoms with Crippen LogP contribution in [-0.2, 0) is 17.8 Å². The summed E-state index contributed by atoms with van der Waals surface area (Å²) in [6, 6.07) is 24.9. The van der Waals surface area contributed by atoms with E-state index in [1.54, 1.807) is 0 Å². The van der Waals surface area contributed by atoms with E-state index in [0.717, 1.165) is 78.6 Å². The molecule has 0 aliphatic rings. The summed E-state index contributed by atoms with van der Waals surface area (Å²) < 4.78 is 2.35. The van der Waals surface area contributed by atoms with E-state index in [1.807, 2.05) is 24.3 Å². The third-order valence-electron chi connectivity index (χ3n) is 6.63. The van der Waals surface area contributed by atoms with E-state index in [4.69, 9.17) is 10.1 Å². The normalized spacial score (nSPS) is 11.2. The summed E-state index contributed by atoms with van der Waals surface area (Å²) in [7, 11) is 0. The van der Waals surface area contributed by atoms with Gasteiger partial charge in [-0.25, -0.2) is 4.98 Å². The molecule has 0 fully saturated rings. The van der Waals surface area contributed by atoms with Crippen LogP contribution in [0.1, 0.15) is 49.9 Å². The van der Waals surface area contributed by atoms with Gasteiger partial charge in [0, 0.05) is 24.9 Å². The molecule has 37 heavy (non-hydrogen) atoms. The third-order valence-corrected chi connectivity index (χ3v) is 6.63. The van der Waals surface area contributed by atoms with Crippen LogP contribution >= 0.6 is 0 Å². The number of fused-ring (bicyclic) bond motifs is 1. The average Bonchev–Trinajstić information content (AvgIpc) is 3.57. The Labute approximate surface area is 215 Å². The van der Waals surface area contributed by atoms with E-state index < -0.39 is 5.97 Å². The van der Waals surface area contributed by atoms with E-state index in [-0.39, 0.29) is 6.42 Å². The number of aliphatic carboxylic acids is 1. The molecule has 188 valence electrons. The first kappa shape index (κ1) is 24.4. The number of rotatable bonds is 12. The van der Waals surface area contributed by atoms with Crippen molar-refractivity contribution in [2.24, 2.45) is 0 Å². The Kier molecular flexibility index (Phi) is 7.64. The zero-order chi connectivity index (χ0) is 25.5. The number of hydrogen-bond donors (Lipinski definition) is 2. The molecule has 5 rings (SSSR count). The maximum Gasteiger partial charge on any atom is 0.303 e. The molecule has 2 N–H and O–H groups in total. The third kappa shape index (κ3) is 5.91. The van der Waals surface area contributed by atoms with E-state index in [2.05, 4.69) is 73.7 Å². The van der Waals surface area contributed by atoms with Gasteiger partial charge in [0.05, 0.1) is 11.0 Å². The minimum atomic E-state index is -0.716. The molecular weight excluding hydrogens is 464 g/mol. The van der Waals surface area contributed by atoms with Crippen LogP contribution in [0.3, 0.4) is 0 Å². The Morgan fingerprint density at radius 1 is 0.865 bits per heavy atom. The monoisotopic (exact) mass is 494 g/mol. The number of carboxylic acids is 1. The van der Waals surface area contributed by atoms with Crippen molar-refractivity contribution in [2.75, 3.05) is 0 Å². The highest BCUT2D eigenvalue weighted by Gasteiger charge is 2.15. The van der Waals surface area contributed by atoms with Crippen LogP contribution in [0.15, 0.2) is 72.8 Å². The Bertz CT molecular complexity index is 1460. The van der Waals surface area contributed by atoms with E-state index in [1.165, 1.54) is 5.56 Å². The molecule has 5 aromatic rings. The van der Waals surface area contributed by atoms with Crippen LogP contribution in [0.5, 0.6) is 0 Å². The zero-order valence-corrected chi connectivity index (χ0v) is 20.7. The van der Waals surface area contributed by atoms with Crippen molar-refractivity contribution in [1.82, 2.24) is 30.2 Å². The number of aryl methyl sites for hydroxylation is 1. The fourth-order valence-electron chi connectivity index (χ4n) is 4.79. The fourth-order valence-corrected chi connectivity index (χ4v) is 4.79. The summed E-state index contributed by atoms with van der Waals surface area (Å²) in [5, 5.41) is 23.5. The number of imidazole rings is 1. The molecule has 0 bridgehead atoms. The molecule has 0 aliphatic carbocycles. The number of benzene rings is 3. The number of nitrogens with one attached hydrogen (secondary N) is 1. The number of aromatic amines is 1. The molecule has 0 amide bonds. The standard InChI is InChI=1S/C29H30N6O2/c36-28(37)15-7-2-1-3-10-18-35-26-20-22(23-13-8-9-14-24(23)29-31-33-34-32-29)16-17-25(26)30-27(35)19-21-11-5-4-6-12-21/h4-6,8-9,11-14,16-17,20H,1-3,7,10,15,18-19H2,(H,36,37)(H,31,32,33,34).